The lowest BCUT2D eigenvalue weighted by molar-refractivity contribution is -0.0542. The lowest BCUT2D eigenvalue weighted by Crippen LogP contribution is -2.43. The van der Waals surface area contributed by atoms with Crippen molar-refractivity contribution in [3.8, 4) is 0 Å². The van der Waals surface area contributed by atoms with Crippen LogP contribution < -0.4 is 0 Å². The number of aromatic nitrogens is 3. The second kappa shape index (κ2) is 5.39. The summed E-state index contributed by atoms with van der Waals surface area (Å²) in [5.74, 6) is 2.00. The van der Waals surface area contributed by atoms with Gasteiger partial charge in [-0.1, -0.05) is 20.8 Å². The lowest BCUT2D eigenvalue weighted by atomic mass is 9.70. The standard InChI is InChI=1S/C14H25N3O/c1-4-7-17-13(15-10-16-17)9-14(18)6-5-11(2)8-12(14)3/h10-12,18H,4-9H2,1-3H3. The van der Waals surface area contributed by atoms with Gasteiger partial charge in [0.2, 0.25) is 0 Å². The minimum absolute atomic E-state index is 0.341. The molecule has 1 fully saturated rings. The van der Waals surface area contributed by atoms with E-state index in [0.717, 1.165) is 44.0 Å². The highest BCUT2D eigenvalue weighted by molar-refractivity contribution is 4.99. The number of hydrogen-bond acceptors (Lipinski definition) is 3. The number of aryl methyl sites for hydroxylation is 1. The summed E-state index contributed by atoms with van der Waals surface area (Å²) in [5, 5.41) is 15.1. The van der Waals surface area contributed by atoms with Gasteiger partial charge in [0.05, 0.1) is 5.60 Å². The quantitative estimate of drug-likeness (QED) is 0.894. The molecule has 1 heterocycles. The Hall–Kier alpha value is -0.900. The van der Waals surface area contributed by atoms with E-state index in [1.54, 1.807) is 6.33 Å². The van der Waals surface area contributed by atoms with Crippen LogP contribution >= 0.6 is 0 Å². The fourth-order valence-corrected chi connectivity index (χ4v) is 3.04. The van der Waals surface area contributed by atoms with Crippen LogP contribution in [-0.2, 0) is 13.0 Å². The first-order valence-corrected chi connectivity index (χ1v) is 7.14. The van der Waals surface area contributed by atoms with Crippen molar-refractivity contribution in [2.75, 3.05) is 0 Å². The highest BCUT2D eigenvalue weighted by Gasteiger charge is 2.39. The Morgan fingerprint density at radius 3 is 2.94 bits per heavy atom. The summed E-state index contributed by atoms with van der Waals surface area (Å²) >= 11 is 0. The summed E-state index contributed by atoms with van der Waals surface area (Å²) in [4.78, 5) is 4.32. The molecule has 0 amide bonds. The molecule has 1 aliphatic carbocycles. The van der Waals surface area contributed by atoms with E-state index in [-0.39, 0.29) is 0 Å². The maximum atomic E-state index is 10.8. The Morgan fingerprint density at radius 1 is 1.50 bits per heavy atom. The molecule has 0 spiro atoms. The first kappa shape index (κ1) is 13.5. The summed E-state index contributed by atoms with van der Waals surface area (Å²) in [7, 11) is 0. The van der Waals surface area contributed by atoms with Crippen LogP contribution in [0.4, 0.5) is 0 Å². The fourth-order valence-electron chi connectivity index (χ4n) is 3.04. The van der Waals surface area contributed by atoms with Crippen molar-refractivity contribution in [1.82, 2.24) is 14.8 Å². The number of nitrogens with zero attached hydrogens (tertiary/aromatic N) is 3. The van der Waals surface area contributed by atoms with Crippen LogP contribution in [0.1, 0.15) is 52.3 Å². The average Bonchev–Trinajstić information content (AvgIpc) is 2.73. The normalized spacial score (nSPS) is 32.7. The van der Waals surface area contributed by atoms with Gasteiger partial charge in [-0.05, 0) is 37.5 Å². The lowest BCUT2D eigenvalue weighted by Gasteiger charge is -2.40. The Kier molecular flexibility index (Phi) is 4.05. The predicted molar refractivity (Wildman–Crippen MR) is 71.1 cm³/mol. The Bertz CT molecular complexity index is 390. The van der Waals surface area contributed by atoms with Crippen molar-refractivity contribution in [2.24, 2.45) is 11.8 Å². The molecule has 0 saturated heterocycles. The van der Waals surface area contributed by atoms with Crippen molar-refractivity contribution >= 4 is 0 Å². The fraction of sp³-hybridized carbons (Fsp3) is 0.857. The highest BCUT2D eigenvalue weighted by atomic mass is 16.3. The van der Waals surface area contributed by atoms with E-state index in [4.69, 9.17) is 0 Å². The molecule has 1 aliphatic rings. The van der Waals surface area contributed by atoms with Gasteiger partial charge in [-0.25, -0.2) is 4.98 Å². The van der Waals surface area contributed by atoms with Crippen molar-refractivity contribution in [3.05, 3.63) is 12.2 Å². The molecular weight excluding hydrogens is 226 g/mol. The molecule has 3 atom stereocenters. The van der Waals surface area contributed by atoms with Crippen LogP contribution in [0.25, 0.3) is 0 Å². The predicted octanol–water partition coefficient (Wildman–Crippen LogP) is 2.42. The van der Waals surface area contributed by atoms with Gasteiger partial charge in [0.1, 0.15) is 12.2 Å². The Labute approximate surface area is 109 Å². The summed E-state index contributed by atoms with van der Waals surface area (Å²) in [6, 6.07) is 0. The van der Waals surface area contributed by atoms with E-state index in [9.17, 15) is 5.11 Å². The minimum Gasteiger partial charge on any atom is -0.389 e. The number of aliphatic hydroxyl groups is 1. The number of rotatable bonds is 4. The summed E-state index contributed by atoms with van der Waals surface area (Å²) in [5.41, 5.74) is -0.592. The van der Waals surface area contributed by atoms with Gasteiger partial charge in [0.25, 0.3) is 0 Å². The first-order chi connectivity index (χ1) is 8.55. The third kappa shape index (κ3) is 2.74. The van der Waals surface area contributed by atoms with Crippen LogP contribution in [0.3, 0.4) is 0 Å². The zero-order valence-corrected chi connectivity index (χ0v) is 11.8. The van der Waals surface area contributed by atoms with Crippen molar-refractivity contribution < 1.29 is 5.11 Å². The molecule has 0 bridgehead atoms. The van der Waals surface area contributed by atoms with E-state index in [2.05, 4.69) is 30.9 Å². The molecule has 1 saturated carbocycles. The van der Waals surface area contributed by atoms with E-state index in [1.165, 1.54) is 0 Å². The van der Waals surface area contributed by atoms with E-state index in [1.807, 2.05) is 4.68 Å². The molecule has 102 valence electrons. The van der Waals surface area contributed by atoms with E-state index >= 15 is 0 Å². The van der Waals surface area contributed by atoms with Crippen molar-refractivity contribution in [3.63, 3.8) is 0 Å². The summed E-state index contributed by atoms with van der Waals surface area (Å²) in [6.45, 7) is 7.45. The average molecular weight is 251 g/mol. The molecule has 1 N–H and O–H groups in total. The Morgan fingerprint density at radius 2 is 2.28 bits per heavy atom. The molecule has 1 aromatic heterocycles. The summed E-state index contributed by atoms with van der Waals surface area (Å²) in [6.07, 6.45) is 6.39. The second-order valence-electron chi connectivity index (χ2n) is 5.96. The van der Waals surface area contributed by atoms with Crippen LogP contribution in [0.15, 0.2) is 6.33 Å². The van der Waals surface area contributed by atoms with Gasteiger partial charge >= 0.3 is 0 Å². The Balaban J connectivity index is 2.09. The molecule has 0 aliphatic heterocycles. The van der Waals surface area contributed by atoms with Crippen LogP contribution in [0.5, 0.6) is 0 Å². The van der Waals surface area contributed by atoms with Crippen LogP contribution in [0, 0.1) is 11.8 Å². The molecule has 0 aromatic carbocycles. The minimum atomic E-state index is -0.592. The van der Waals surface area contributed by atoms with Gasteiger partial charge in [-0.2, -0.15) is 5.10 Å². The second-order valence-corrected chi connectivity index (χ2v) is 5.96. The van der Waals surface area contributed by atoms with E-state index < -0.39 is 5.60 Å². The third-order valence-electron chi connectivity index (χ3n) is 4.34. The molecule has 18 heavy (non-hydrogen) atoms. The zero-order chi connectivity index (χ0) is 13.2. The van der Waals surface area contributed by atoms with Gasteiger partial charge in [0, 0.05) is 13.0 Å². The van der Waals surface area contributed by atoms with Gasteiger partial charge < -0.3 is 5.11 Å². The smallest absolute Gasteiger partial charge is 0.138 e. The van der Waals surface area contributed by atoms with Gasteiger partial charge in [-0.3, -0.25) is 4.68 Å². The summed E-state index contributed by atoms with van der Waals surface area (Å²) < 4.78 is 1.93. The van der Waals surface area contributed by atoms with Crippen molar-refractivity contribution in [2.45, 2.75) is 65.0 Å². The highest BCUT2D eigenvalue weighted by Crippen LogP contribution is 2.38. The maximum Gasteiger partial charge on any atom is 0.138 e. The zero-order valence-electron chi connectivity index (χ0n) is 11.8. The molecular formula is C14H25N3O. The first-order valence-electron chi connectivity index (χ1n) is 7.14. The van der Waals surface area contributed by atoms with Gasteiger partial charge in [-0.15, -0.1) is 0 Å². The monoisotopic (exact) mass is 251 g/mol. The molecule has 4 nitrogen and oxygen atoms in total. The number of hydrogen-bond donors (Lipinski definition) is 1. The van der Waals surface area contributed by atoms with Crippen LogP contribution in [-0.4, -0.2) is 25.5 Å². The molecule has 2 rings (SSSR count). The van der Waals surface area contributed by atoms with Gasteiger partial charge in [0.15, 0.2) is 0 Å². The van der Waals surface area contributed by atoms with E-state index in [0.29, 0.717) is 12.3 Å². The molecule has 3 unspecified atom stereocenters. The maximum absolute atomic E-state index is 10.8. The SMILES string of the molecule is CCCn1ncnc1CC1(O)CCC(C)CC1C. The molecule has 4 heteroatoms. The largest absolute Gasteiger partial charge is 0.389 e. The van der Waals surface area contributed by atoms with Crippen LogP contribution in [0.2, 0.25) is 0 Å². The van der Waals surface area contributed by atoms with Crippen molar-refractivity contribution in [1.29, 1.82) is 0 Å². The topological polar surface area (TPSA) is 50.9 Å². The molecule has 0 radical (unpaired) electrons. The molecule has 1 aromatic rings. The third-order valence-corrected chi connectivity index (χ3v) is 4.34.